The Bertz CT molecular complexity index is 816. The van der Waals surface area contributed by atoms with Gasteiger partial charge in [-0.1, -0.05) is 12.1 Å². The van der Waals surface area contributed by atoms with Gasteiger partial charge in [-0.3, -0.25) is 10.2 Å². The van der Waals surface area contributed by atoms with Crippen LogP contribution in [0.25, 0.3) is 0 Å². The Kier molecular flexibility index (Phi) is 4.95. The van der Waals surface area contributed by atoms with E-state index in [0.29, 0.717) is 5.69 Å². The van der Waals surface area contributed by atoms with E-state index in [0.717, 1.165) is 0 Å². The van der Waals surface area contributed by atoms with E-state index in [-0.39, 0.29) is 17.1 Å². The molecular formula is C15H9FN6O. The summed E-state index contributed by atoms with van der Waals surface area (Å²) in [5.74, 6) is -1.03. The van der Waals surface area contributed by atoms with Crippen molar-refractivity contribution in [3.8, 4) is 12.1 Å². The number of nitrogens with zero attached hydrogens (tertiary/aromatic N) is 4. The SMILES string of the molecule is N#CC(C#N)=NNc1ccc(NC(=O)c2ccccc2F)nc1. The van der Waals surface area contributed by atoms with Crippen LogP contribution in [-0.2, 0) is 0 Å². The lowest BCUT2D eigenvalue weighted by molar-refractivity contribution is 0.102. The molecule has 0 saturated carbocycles. The first-order valence-corrected chi connectivity index (χ1v) is 6.30. The van der Waals surface area contributed by atoms with Crippen LogP contribution in [0.15, 0.2) is 47.7 Å². The first kappa shape index (κ1) is 15.6. The van der Waals surface area contributed by atoms with E-state index in [9.17, 15) is 9.18 Å². The molecule has 0 radical (unpaired) electrons. The summed E-state index contributed by atoms with van der Waals surface area (Å²) in [4.78, 5) is 15.9. The van der Waals surface area contributed by atoms with Gasteiger partial charge < -0.3 is 5.32 Å². The fourth-order valence-electron chi connectivity index (χ4n) is 1.56. The van der Waals surface area contributed by atoms with Crippen LogP contribution in [0.3, 0.4) is 0 Å². The van der Waals surface area contributed by atoms with Crippen molar-refractivity contribution in [2.75, 3.05) is 10.7 Å². The van der Waals surface area contributed by atoms with Gasteiger partial charge in [0.1, 0.15) is 23.8 Å². The molecule has 1 amide bonds. The van der Waals surface area contributed by atoms with Crippen molar-refractivity contribution in [1.82, 2.24) is 4.98 Å². The monoisotopic (exact) mass is 308 g/mol. The van der Waals surface area contributed by atoms with Gasteiger partial charge in [0.25, 0.3) is 5.91 Å². The van der Waals surface area contributed by atoms with Crippen LogP contribution in [0.4, 0.5) is 15.9 Å². The van der Waals surface area contributed by atoms with Gasteiger partial charge in [0, 0.05) is 0 Å². The van der Waals surface area contributed by atoms with Crippen LogP contribution in [0.2, 0.25) is 0 Å². The first-order valence-electron chi connectivity index (χ1n) is 6.30. The zero-order valence-corrected chi connectivity index (χ0v) is 11.6. The summed E-state index contributed by atoms with van der Waals surface area (Å²) in [6.07, 6.45) is 1.34. The highest BCUT2D eigenvalue weighted by Gasteiger charge is 2.11. The molecule has 8 heteroatoms. The average molecular weight is 308 g/mol. The molecule has 112 valence electrons. The van der Waals surface area contributed by atoms with Crippen molar-refractivity contribution < 1.29 is 9.18 Å². The maximum absolute atomic E-state index is 13.5. The number of hydrogen-bond donors (Lipinski definition) is 2. The second kappa shape index (κ2) is 7.29. The van der Waals surface area contributed by atoms with E-state index >= 15 is 0 Å². The third-order valence-electron chi connectivity index (χ3n) is 2.63. The number of benzene rings is 1. The largest absolute Gasteiger partial charge is 0.306 e. The third kappa shape index (κ3) is 4.09. The number of hydrazone groups is 1. The number of hydrogen-bond acceptors (Lipinski definition) is 6. The average Bonchev–Trinajstić information content (AvgIpc) is 2.57. The predicted molar refractivity (Wildman–Crippen MR) is 80.9 cm³/mol. The second-order valence-corrected chi connectivity index (χ2v) is 4.16. The van der Waals surface area contributed by atoms with Crippen molar-refractivity contribution in [1.29, 1.82) is 10.5 Å². The Balaban J connectivity index is 2.05. The molecule has 0 spiro atoms. The maximum atomic E-state index is 13.5. The summed E-state index contributed by atoms with van der Waals surface area (Å²) in [5, 5.41) is 23.1. The lowest BCUT2D eigenvalue weighted by atomic mass is 10.2. The maximum Gasteiger partial charge on any atom is 0.259 e. The normalized spacial score (nSPS) is 9.17. The van der Waals surface area contributed by atoms with E-state index < -0.39 is 11.7 Å². The van der Waals surface area contributed by atoms with Crippen molar-refractivity contribution in [2.24, 2.45) is 5.10 Å². The molecule has 2 aromatic rings. The van der Waals surface area contributed by atoms with Gasteiger partial charge in [-0.25, -0.2) is 9.37 Å². The molecule has 1 heterocycles. The molecule has 1 aromatic heterocycles. The Morgan fingerprint density at radius 1 is 1.17 bits per heavy atom. The van der Waals surface area contributed by atoms with Crippen LogP contribution >= 0.6 is 0 Å². The Morgan fingerprint density at radius 2 is 1.91 bits per heavy atom. The zero-order chi connectivity index (χ0) is 16.7. The fourth-order valence-corrected chi connectivity index (χ4v) is 1.56. The first-order chi connectivity index (χ1) is 11.1. The lowest BCUT2D eigenvalue weighted by Crippen LogP contribution is -2.14. The number of anilines is 2. The summed E-state index contributed by atoms with van der Waals surface area (Å²) >= 11 is 0. The highest BCUT2D eigenvalue weighted by molar-refractivity contribution is 6.10. The number of amides is 1. The summed E-state index contributed by atoms with van der Waals surface area (Å²) < 4.78 is 13.5. The van der Waals surface area contributed by atoms with E-state index in [4.69, 9.17) is 10.5 Å². The van der Waals surface area contributed by atoms with Crippen LogP contribution in [-0.4, -0.2) is 16.6 Å². The Labute approximate surface area is 130 Å². The third-order valence-corrected chi connectivity index (χ3v) is 2.63. The molecular weight excluding hydrogens is 299 g/mol. The summed E-state index contributed by atoms with van der Waals surface area (Å²) in [6, 6.07) is 11.8. The molecule has 0 fully saturated rings. The summed E-state index contributed by atoms with van der Waals surface area (Å²) in [5.41, 5.74) is 2.47. The van der Waals surface area contributed by atoms with Gasteiger partial charge in [-0.2, -0.15) is 15.6 Å². The number of carbonyl (C=O) groups is 1. The molecule has 0 unspecified atom stereocenters. The smallest absolute Gasteiger partial charge is 0.259 e. The van der Waals surface area contributed by atoms with Crippen LogP contribution in [0.5, 0.6) is 0 Å². The van der Waals surface area contributed by atoms with E-state index in [2.05, 4.69) is 20.8 Å². The van der Waals surface area contributed by atoms with E-state index in [1.807, 2.05) is 0 Å². The molecule has 0 bridgehead atoms. The minimum Gasteiger partial charge on any atom is -0.306 e. The standard InChI is InChI=1S/C15H9FN6O/c16-13-4-2-1-3-12(13)15(23)20-14-6-5-10(9-19-14)21-22-11(7-17)8-18/h1-6,9,21H,(H,19,20,23). The molecule has 23 heavy (non-hydrogen) atoms. The van der Waals surface area contributed by atoms with Crippen molar-refractivity contribution in [3.63, 3.8) is 0 Å². The minimum atomic E-state index is -0.627. The quantitative estimate of drug-likeness (QED) is 0.664. The van der Waals surface area contributed by atoms with Gasteiger partial charge in [0.2, 0.25) is 5.71 Å². The highest BCUT2D eigenvalue weighted by atomic mass is 19.1. The second-order valence-electron chi connectivity index (χ2n) is 4.16. The summed E-state index contributed by atoms with van der Waals surface area (Å²) in [7, 11) is 0. The summed E-state index contributed by atoms with van der Waals surface area (Å²) in [6.45, 7) is 0. The number of nitriles is 2. The lowest BCUT2D eigenvalue weighted by Gasteiger charge is -2.06. The van der Waals surface area contributed by atoms with Crippen molar-refractivity contribution >= 4 is 23.1 Å². The van der Waals surface area contributed by atoms with Gasteiger partial charge in [-0.05, 0) is 24.3 Å². The van der Waals surface area contributed by atoms with Gasteiger partial charge in [-0.15, -0.1) is 0 Å². The van der Waals surface area contributed by atoms with Crippen LogP contribution < -0.4 is 10.7 Å². The number of rotatable bonds is 4. The predicted octanol–water partition coefficient (Wildman–Crippen LogP) is 2.29. The Hall–Kier alpha value is -3.78. The number of aromatic nitrogens is 1. The molecule has 2 rings (SSSR count). The van der Waals surface area contributed by atoms with Crippen molar-refractivity contribution in [2.45, 2.75) is 0 Å². The topological polar surface area (TPSA) is 114 Å². The molecule has 2 N–H and O–H groups in total. The molecule has 7 nitrogen and oxygen atoms in total. The molecule has 0 saturated heterocycles. The minimum absolute atomic E-state index is 0.0891. The zero-order valence-electron chi connectivity index (χ0n) is 11.6. The molecule has 0 atom stereocenters. The number of halogens is 1. The van der Waals surface area contributed by atoms with E-state index in [1.165, 1.54) is 36.5 Å². The highest BCUT2D eigenvalue weighted by Crippen LogP contribution is 2.12. The molecule has 0 aliphatic heterocycles. The van der Waals surface area contributed by atoms with Gasteiger partial charge in [0.15, 0.2) is 0 Å². The van der Waals surface area contributed by atoms with Gasteiger partial charge >= 0.3 is 0 Å². The molecule has 0 aliphatic rings. The van der Waals surface area contributed by atoms with Crippen molar-refractivity contribution in [3.05, 3.63) is 54.0 Å². The fraction of sp³-hybridized carbons (Fsp3) is 0. The molecule has 1 aromatic carbocycles. The van der Waals surface area contributed by atoms with Crippen LogP contribution in [0, 0.1) is 28.5 Å². The van der Waals surface area contributed by atoms with Crippen LogP contribution in [0.1, 0.15) is 10.4 Å². The number of pyridine rings is 1. The number of carbonyl (C=O) groups excluding carboxylic acids is 1. The Morgan fingerprint density at radius 3 is 2.52 bits per heavy atom. The number of nitrogens with one attached hydrogen (secondary N) is 2. The molecule has 0 aliphatic carbocycles. The van der Waals surface area contributed by atoms with E-state index in [1.54, 1.807) is 18.2 Å². The van der Waals surface area contributed by atoms with Gasteiger partial charge in [0.05, 0.1) is 17.4 Å².